The van der Waals surface area contributed by atoms with Gasteiger partial charge in [0.15, 0.2) is 0 Å². The first-order valence-electron chi connectivity index (χ1n) is 7.16. The fourth-order valence-corrected chi connectivity index (χ4v) is 3.27. The van der Waals surface area contributed by atoms with E-state index < -0.39 is 0 Å². The third-order valence-electron chi connectivity index (χ3n) is 3.62. The van der Waals surface area contributed by atoms with Gasteiger partial charge >= 0.3 is 0 Å². The van der Waals surface area contributed by atoms with Crippen LogP contribution in [0.25, 0.3) is 10.6 Å². The number of rotatable bonds is 3. The molecule has 2 aromatic heterocycles. The van der Waals surface area contributed by atoms with Gasteiger partial charge in [-0.2, -0.15) is 0 Å². The zero-order chi connectivity index (χ0) is 14.7. The molecule has 21 heavy (non-hydrogen) atoms. The van der Waals surface area contributed by atoms with Crippen molar-refractivity contribution in [2.45, 2.75) is 26.2 Å². The van der Waals surface area contributed by atoms with E-state index in [0.717, 1.165) is 42.1 Å². The molecule has 110 valence electrons. The Balaban J connectivity index is 1.72. The largest absolute Gasteiger partial charge is 0.285 e. The smallest absolute Gasteiger partial charge is 0.283 e. The van der Waals surface area contributed by atoms with Crippen LogP contribution < -0.4 is 5.43 Å². The van der Waals surface area contributed by atoms with Gasteiger partial charge in [-0.3, -0.25) is 15.2 Å². The van der Waals surface area contributed by atoms with Gasteiger partial charge in [-0.1, -0.05) is 6.42 Å². The van der Waals surface area contributed by atoms with Gasteiger partial charge < -0.3 is 0 Å². The lowest BCUT2D eigenvalue weighted by atomic mass is 10.2. The molecule has 1 aliphatic rings. The highest BCUT2D eigenvalue weighted by Crippen LogP contribution is 2.25. The van der Waals surface area contributed by atoms with Gasteiger partial charge in [-0.15, -0.1) is 11.3 Å². The maximum atomic E-state index is 12.2. The van der Waals surface area contributed by atoms with Crippen LogP contribution in [0.1, 0.15) is 35.3 Å². The quantitative estimate of drug-likeness (QED) is 0.947. The summed E-state index contributed by atoms with van der Waals surface area (Å²) in [4.78, 5) is 20.8. The van der Waals surface area contributed by atoms with Crippen molar-refractivity contribution >= 4 is 17.2 Å². The molecular formula is C15H18N4OS. The maximum Gasteiger partial charge on any atom is 0.285 e. The van der Waals surface area contributed by atoms with Crippen molar-refractivity contribution in [3.05, 3.63) is 35.1 Å². The third kappa shape index (κ3) is 3.28. The van der Waals surface area contributed by atoms with Gasteiger partial charge in [-0.25, -0.2) is 9.99 Å². The predicted octanol–water partition coefficient (Wildman–Crippen LogP) is 2.64. The summed E-state index contributed by atoms with van der Waals surface area (Å²) in [5.74, 6) is -0.124. The Morgan fingerprint density at radius 2 is 2.14 bits per heavy atom. The first kappa shape index (κ1) is 14.2. The summed E-state index contributed by atoms with van der Waals surface area (Å²) >= 11 is 1.48. The van der Waals surface area contributed by atoms with E-state index in [1.54, 1.807) is 17.8 Å². The molecule has 1 fully saturated rings. The number of hydrazine groups is 1. The number of carbonyl (C=O) groups is 1. The molecular weight excluding hydrogens is 284 g/mol. The maximum absolute atomic E-state index is 12.2. The monoisotopic (exact) mass is 302 g/mol. The van der Waals surface area contributed by atoms with Crippen LogP contribution in [-0.4, -0.2) is 34.0 Å². The van der Waals surface area contributed by atoms with Crippen LogP contribution in [-0.2, 0) is 0 Å². The lowest BCUT2D eigenvalue weighted by Crippen LogP contribution is -2.45. The highest BCUT2D eigenvalue weighted by Gasteiger charge is 2.17. The van der Waals surface area contributed by atoms with Gasteiger partial charge in [0.25, 0.3) is 5.91 Å². The van der Waals surface area contributed by atoms with Crippen molar-refractivity contribution in [3.8, 4) is 10.6 Å². The van der Waals surface area contributed by atoms with Gasteiger partial charge in [-0.05, 0) is 31.4 Å². The Kier molecular flexibility index (Phi) is 4.26. The Morgan fingerprint density at radius 3 is 2.90 bits per heavy atom. The van der Waals surface area contributed by atoms with Gasteiger partial charge in [0.2, 0.25) is 0 Å². The van der Waals surface area contributed by atoms with Crippen LogP contribution in [0.5, 0.6) is 0 Å². The molecule has 6 heteroatoms. The lowest BCUT2D eigenvalue weighted by molar-refractivity contribution is 0.0745. The number of hydrogen-bond donors (Lipinski definition) is 1. The number of pyridine rings is 1. The molecule has 0 saturated carbocycles. The number of piperidine rings is 1. The summed E-state index contributed by atoms with van der Waals surface area (Å²) < 4.78 is 0. The van der Waals surface area contributed by atoms with E-state index in [9.17, 15) is 4.79 Å². The Bertz CT molecular complexity index is 634. The Morgan fingerprint density at radius 1 is 1.33 bits per heavy atom. The van der Waals surface area contributed by atoms with Crippen LogP contribution in [0.2, 0.25) is 0 Å². The van der Waals surface area contributed by atoms with Crippen molar-refractivity contribution < 1.29 is 4.79 Å². The highest BCUT2D eigenvalue weighted by atomic mass is 32.1. The average molecular weight is 302 g/mol. The summed E-state index contributed by atoms with van der Waals surface area (Å²) in [7, 11) is 0. The van der Waals surface area contributed by atoms with E-state index in [2.05, 4.69) is 15.4 Å². The Hall–Kier alpha value is -1.79. The third-order valence-corrected chi connectivity index (χ3v) is 4.50. The zero-order valence-electron chi connectivity index (χ0n) is 12.0. The standard InChI is InChI=1S/C15H18N4OS/c1-11-5-6-16-9-12(11)15-17-13(10-21-15)14(20)18-19-7-3-2-4-8-19/h5-6,9-10H,2-4,7-8H2,1H3,(H,18,20). The van der Waals surface area contributed by atoms with Crippen LogP contribution in [0.4, 0.5) is 0 Å². The van der Waals surface area contributed by atoms with E-state index in [0.29, 0.717) is 5.69 Å². The fourth-order valence-electron chi connectivity index (χ4n) is 2.40. The molecule has 0 aromatic carbocycles. The SMILES string of the molecule is Cc1ccncc1-c1nc(C(=O)NN2CCCCC2)cs1. The number of aryl methyl sites for hydroxylation is 1. The van der Waals surface area contributed by atoms with Crippen molar-refractivity contribution in [1.82, 2.24) is 20.4 Å². The second-order valence-corrected chi connectivity index (χ2v) is 6.08. The predicted molar refractivity (Wildman–Crippen MR) is 83.0 cm³/mol. The van der Waals surface area contributed by atoms with Crippen LogP contribution in [0.15, 0.2) is 23.8 Å². The van der Waals surface area contributed by atoms with E-state index in [-0.39, 0.29) is 5.91 Å². The van der Waals surface area contributed by atoms with Crippen molar-refractivity contribution in [2.24, 2.45) is 0 Å². The molecule has 3 rings (SSSR count). The van der Waals surface area contributed by atoms with E-state index in [1.807, 2.05) is 18.0 Å². The number of thiazole rings is 1. The second kappa shape index (κ2) is 6.32. The van der Waals surface area contributed by atoms with Crippen molar-refractivity contribution in [2.75, 3.05) is 13.1 Å². The van der Waals surface area contributed by atoms with Crippen LogP contribution in [0.3, 0.4) is 0 Å². The zero-order valence-corrected chi connectivity index (χ0v) is 12.8. The number of nitrogens with zero attached hydrogens (tertiary/aromatic N) is 3. The molecule has 0 bridgehead atoms. The molecule has 1 N–H and O–H groups in total. The molecule has 0 radical (unpaired) electrons. The fraction of sp³-hybridized carbons (Fsp3) is 0.400. The summed E-state index contributed by atoms with van der Waals surface area (Å²) in [6.07, 6.45) is 7.07. The number of hydrogen-bond acceptors (Lipinski definition) is 5. The Labute approximate surface area is 128 Å². The summed E-state index contributed by atoms with van der Waals surface area (Å²) in [6.45, 7) is 3.86. The number of amides is 1. The van der Waals surface area contributed by atoms with Crippen LogP contribution in [0, 0.1) is 6.92 Å². The van der Waals surface area contributed by atoms with E-state index in [4.69, 9.17) is 0 Å². The number of carbonyl (C=O) groups excluding carboxylic acids is 1. The molecule has 0 unspecified atom stereocenters. The van der Waals surface area contributed by atoms with Gasteiger partial charge in [0.05, 0.1) is 0 Å². The summed E-state index contributed by atoms with van der Waals surface area (Å²) in [5, 5.41) is 4.63. The first-order valence-corrected chi connectivity index (χ1v) is 8.04. The number of aromatic nitrogens is 2. The van der Waals surface area contributed by atoms with Crippen molar-refractivity contribution in [3.63, 3.8) is 0 Å². The molecule has 0 aliphatic carbocycles. The van der Waals surface area contributed by atoms with E-state index >= 15 is 0 Å². The van der Waals surface area contributed by atoms with Crippen LogP contribution >= 0.6 is 11.3 Å². The lowest BCUT2D eigenvalue weighted by Gasteiger charge is -2.26. The molecule has 0 spiro atoms. The second-order valence-electron chi connectivity index (χ2n) is 5.22. The topological polar surface area (TPSA) is 58.1 Å². The molecule has 1 amide bonds. The molecule has 1 saturated heterocycles. The summed E-state index contributed by atoms with van der Waals surface area (Å²) in [6, 6.07) is 1.95. The normalized spacial score (nSPS) is 15.9. The molecule has 3 heterocycles. The minimum Gasteiger partial charge on any atom is -0.283 e. The molecule has 5 nitrogen and oxygen atoms in total. The highest BCUT2D eigenvalue weighted by molar-refractivity contribution is 7.13. The van der Waals surface area contributed by atoms with Gasteiger partial charge in [0, 0.05) is 36.4 Å². The average Bonchev–Trinajstić information content (AvgIpc) is 2.98. The van der Waals surface area contributed by atoms with Gasteiger partial charge in [0.1, 0.15) is 10.7 Å². The van der Waals surface area contributed by atoms with E-state index in [1.165, 1.54) is 17.8 Å². The molecule has 0 atom stereocenters. The molecule has 2 aromatic rings. The summed E-state index contributed by atoms with van der Waals surface area (Å²) in [5.41, 5.74) is 5.51. The number of nitrogens with one attached hydrogen (secondary N) is 1. The minimum atomic E-state index is -0.124. The molecule has 1 aliphatic heterocycles. The van der Waals surface area contributed by atoms with Crippen molar-refractivity contribution in [1.29, 1.82) is 0 Å². The minimum absolute atomic E-state index is 0.124. The first-order chi connectivity index (χ1) is 10.2.